The van der Waals surface area contributed by atoms with Crippen molar-refractivity contribution in [3.63, 3.8) is 0 Å². The van der Waals surface area contributed by atoms with E-state index in [-0.39, 0.29) is 6.10 Å². The molecule has 3 heteroatoms. The van der Waals surface area contributed by atoms with Crippen molar-refractivity contribution < 1.29 is 5.11 Å². The van der Waals surface area contributed by atoms with Crippen LogP contribution in [0.15, 0.2) is 0 Å². The summed E-state index contributed by atoms with van der Waals surface area (Å²) in [5.41, 5.74) is 0. The minimum Gasteiger partial charge on any atom is -0.392 e. The second kappa shape index (κ2) is 3.64. The van der Waals surface area contributed by atoms with Gasteiger partial charge in [0.05, 0.1) is 6.10 Å². The third-order valence-corrected chi connectivity index (χ3v) is 5.91. The molecule has 3 saturated carbocycles. The first kappa shape index (κ1) is 10.4. The molecule has 0 amide bonds. The number of aliphatic hydroxyl groups is 1. The molecule has 0 aromatic carbocycles. The molecular weight excluding hydrogens is 206 g/mol. The zero-order valence-corrected chi connectivity index (χ0v) is 10.4. The van der Waals surface area contributed by atoms with Crippen molar-refractivity contribution in [3.8, 4) is 0 Å². The van der Waals surface area contributed by atoms with Crippen LogP contribution in [-0.4, -0.2) is 46.7 Å². The van der Waals surface area contributed by atoms with E-state index in [1.54, 1.807) is 0 Å². The smallest absolute Gasteiger partial charge is 0.0690 e. The van der Waals surface area contributed by atoms with E-state index in [0.717, 1.165) is 18.0 Å². The molecule has 0 heterocycles. The molecule has 3 aliphatic rings. The Bertz CT molecular complexity index is 256. The SMILES string of the molecule is CS[C@H]1C[C@@H]2[C@@H](C[C@@H]2N(C)C2CC2)[C@@H]1O. The maximum atomic E-state index is 10.1. The fraction of sp³-hybridized carbons (Fsp3) is 1.00. The molecule has 3 aliphatic carbocycles. The zero-order valence-electron chi connectivity index (χ0n) is 9.60. The molecule has 0 spiro atoms. The molecule has 3 rings (SSSR count). The Kier molecular flexibility index (Phi) is 2.53. The number of thioether (sulfide) groups is 1. The molecule has 1 N–H and O–H groups in total. The van der Waals surface area contributed by atoms with Crippen molar-refractivity contribution in [2.75, 3.05) is 13.3 Å². The first-order chi connectivity index (χ1) is 7.22. The normalized spacial score (nSPS) is 49.2. The van der Waals surface area contributed by atoms with Gasteiger partial charge >= 0.3 is 0 Å². The van der Waals surface area contributed by atoms with Crippen molar-refractivity contribution in [1.29, 1.82) is 0 Å². The van der Waals surface area contributed by atoms with Crippen LogP contribution in [-0.2, 0) is 0 Å². The molecule has 15 heavy (non-hydrogen) atoms. The van der Waals surface area contributed by atoms with Crippen molar-refractivity contribution >= 4 is 11.8 Å². The van der Waals surface area contributed by atoms with E-state index < -0.39 is 0 Å². The minimum absolute atomic E-state index is 0.0196. The molecule has 0 aromatic rings. The third-order valence-electron chi connectivity index (χ3n) is 4.83. The van der Waals surface area contributed by atoms with Crippen LogP contribution < -0.4 is 0 Å². The summed E-state index contributed by atoms with van der Waals surface area (Å²) < 4.78 is 0. The summed E-state index contributed by atoms with van der Waals surface area (Å²) >= 11 is 1.86. The average molecular weight is 227 g/mol. The maximum Gasteiger partial charge on any atom is 0.0690 e. The molecule has 2 nitrogen and oxygen atoms in total. The Morgan fingerprint density at radius 1 is 1.20 bits per heavy atom. The van der Waals surface area contributed by atoms with Gasteiger partial charge in [0, 0.05) is 17.3 Å². The third kappa shape index (κ3) is 1.55. The second-order valence-corrected chi connectivity index (χ2v) is 6.60. The summed E-state index contributed by atoms with van der Waals surface area (Å²) in [5, 5.41) is 10.6. The van der Waals surface area contributed by atoms with E-state index in [0.29, 0.717) is 11.2 Å². The lowest BCUT2D eigenvalue weighted by Gasteiger charge is -2.46. The number of hydrogen-bond acceptors (Lipinski definition) is 3. The van der Waals surface area contributed by atoms with E-state index in [4.69, 9.17) is 0 Å². The van der Waals surface area contributed by atoms with Crippen LogP contribution in [0.1, 0.15) is 25.7 Å². The highest BCUT2D eigenvalue weighted by Crippen LogP contribution is 2.53. The Morgan fingerprint density at radius 2 is 1.93 bits per heavy atom. The summed E-state index contributed by atoms with van der Waals surface area (Å²) in [6, 6.07) is 1.66. The van der Waals surface area contributed by atoms with Gasteiger partial charge in [-0.15, -0.1) is 0 Å². The van der Waals surface area contributed by atoms with Crippen molar-refractivity contribution in [3.05, 3.63) is 0 Å². The zero-order chi connectivity index (χ0) is 10.6. The van der Waals surface area contributed by atoms with Gasteiger partial charge in [-0.25, -0.2) is 0 Å². The first-order valence-electron chi connectivity index (χ1n) is 6.15. The molecule has 0 radical (unpaired) electrons. The predicted molar refractivity (Wildman–Crippen MR) is 64.1 cm³/mol. The van der Waals surface area contributed by atoms with Gasteiger partial charge in [-0.05, 0) is 50.8 Å². The Morgan fingerprint density at radius 3 is 2.53 bits per heavy atom. The molecule has 0 unspecified atom stereocenters. The van der Waals surface area contributed by atoms with E-state index in [2.05, 4.69) is 18.2 Å². The van der Waals surface area contributed by atoms with Gasteiger partial charge in [-0.3, -0.25) is 0 Å². The average Bonchev–Trinajstić information content (AvgIpc) is 2.97. The molecule has 5 atom stereocenters. The molecule has 0 aliphatic heterocycles. The maximum absolute atomic E-state index is 10.1. The van der Waals surface area contributed by atoms with Crippen LogP contribution >= 0.6 is 11.8 Å². The first-order valence-corrected chi connectivity index (χ1v) is 7.44. The molecule has 0 bridgehead atoms. The van der Waals surface area contributed by atoms with Crippen LogP contribution in [0.5, 0.6) is 0 Å². The van der Waals surface area contributed by atoms with E-state index in [1.165, 1.54) is 25.7 Å². The highest BCUT2D eigenvalue weighted by molar-refractivity contribution is 7.99. The topological polar surface area (TPSA) is 23.5 Å². The van der Waals surface area contributed by atoms with Gasteiger partial charge in [0.25, 0.3) is 0 Å². The lowest BCUT2D eigenvalue weighted by molar-refractivity contribution is -0.0141. The summed E-state index contributed by atoms with van der Waals surface area (Å²) in [6.45, 7) is 0. The Hall–Kier alpha value is 0.270. The highest BCUT2D eigenvalue weighted by Gasteiger charge is 2.55. The summed E-state index contributed by atoms with van der Waals surface area (Å²) in [7, 11) is 2.29. The molecule has 0 aromatic heterocycles. The molecule has 3 fully saturated rings. The Labute approximate surface area is 96.4 Å². The number of fused-ring (bicyclic) bond motifs is 1. The number of aliphatic hydroxyl groups excluding tert-OH is 1. The van der Waals surface area contributed by atoms with Crippen LogP contribution in [0.2, 0.25) is 0 Å². The lowest BCUT2D eigenvalue weighted by atomic mass is 9.70. The summed E-state index contributed by atoms with van der Waals surface area (Å²) in [6.07, 6.45) is 7.41. The van der Waals surface area contributed by atoms with Crippen molar-refractivity contribution in [2.45, 2.75) is 49.1 Å². The van der Waals surface area contributed by atoms with Crippen LogP contribution in [0, 0.1) is 11.8 Å². The minimum atomic E-state index is -0.0196. The summed E-state index contributed by atoms with van der Waals surface area (Å²) in [5.74, 6) is 1.41. The molecule has 86 valence electrons. The van der Waals surface area contributed by atoms with Crippen LogP contribution in [0.4, 0.5) is 0 Å². The standard InChI is InChI=1S/C12H21NOS/c1-13(7-3-4-7)10-5-9-8(10)6-11(15-2)12(9)14/h7-12,14H,3-6H2,1-2H3/t8-,9-,10+,11+,12+/m1/s1. The number of rotatable bonds is 3. The van der Waals surface area contributed by atoms with Gasteiger partial charge in [0.1, 0.15) is 0 Å². The summed E-state index contributed by atoms with van der Waals surface area (Å²) in [4.78, 5) is 2.59. The van der Waals surface area contributed by atoms with E-state index in [1.807, 2.05) is 11.8 Å². The van der Waals surface area contributed by atoms with Gasteiger partial charge in [-0.2, -0.15) is 11.8 Å². The Balaban J connectivity index is 1.63. The van der Waals surface area contributed by atoms with Gasteiger partial charge < -0.3 is 10.0 Å². The second-order valence-electron chi connectivity index (χ2n) is 5.53. The monoisotopic (exact) mass is 227 g/mol. The lowest BCUT2D eigenvalue weighted by Crippen LogP contribution is -2.52. The number of nitrogens with zero attached hydrogens (tertiary/aromatic N) is 1. The van der Waals surface area contributed by atoms with Crippen LogP contribution in [0.3, 0.4) is 0 Å². The van der Waals surface area contributed by atoms with Crippen molar-refractivity contribution in [1.82, 2.24) is 4.90 Å². The fourth-order valence-electron chi connectivity index (χ4n) is 3.58. The molecule has 0 saturated heterocycles. The van der Waals surface area contributed by atoms with Crippen molar-refractivity contribution in [2.24, 2.45) is 11.8 Å². The quantitative estimate of drug-likeness (QED) is 0.792. The van der Waals surface area contributed by atoms with Gasteiger partial charge in [0.15, 0.2) is 0 Å². The largest absolute Gasteiger partial charge is 0.392 e. The van der Waals surface area contributed by atoms with Crippen LogP contribution in [0.25, 0.3) is 0 Å². The van der Waals surface area contributed by atoms with Gasteiger partial charge in [0.2, 0.25) is 0 Å². The van der Waals surface area contributed by atoms with E-state index in [9.17, 15) is 5.11 Å². The fourth-order valence-corrected chi connectivity index (χ4v) is 4.48. The number of hydrogen-bond donors (Lipinski definition) is 1. The van der Waals surface area contributed by atoms with Gasteiger partial charge in [-0.1, -0.05) is 0 Å². The highest BCUT2D eigenvalue weighted by atomic mass is 32.2. The predicted octanol–water partition coefficient (Wildman–Crippen LogP) is 1.58. The molecular formula is C12H21NOS. The van der Waals surface area contributed by atoms with E-state index >= 15 is 0 Å².